The molecular formula is C11H24N2O2. The van der Waals surface area contributed by atoms with Gasteiger partial charge in [-0.1, -0.05) is 0 Å². The molecule has 1 aliphatic rings. The van der Waals surface area contributed by atoms with Gasteiger partial charge in [-0.2, -0.15) is 0 Å². The molecular weight excluding hydrogens is 192 g/mol. The van der Waals surface area contributed by atoms with Crippen LogP contribution in [0.25, 0.3) is 0 Å². The highest BCUT2D eigenvalue weighted by Gasteiger charge is 2.24. The van der Waals surface area contributed by atoms with Crippen LogP contribution in [0.1, 0.15) is 20.8 Å². The molecule has 4 nitrogen and oxygen atoms in total. The van der Waals surface area contributed by atoms with E-state index in [4.69, 9.17) is 0 Å². The number of aliphatic hydroxyl groups is 2. The van der Waals surface area contributed by atoms with Gasteiger partial charge >= 0.3 is 0 Å². The van der Waals surface area contributed by atoms with Crippen LogP contribution in [0.2, 0.25) is 0 Å². The normalized spacial score (nSPS) is 29.0. The maximum Gasteiger partial charge on any atom is 0.0639 e. The Hall–Kier alpha value is -0.160. The molecule has 1 heterocycles. The summed E-state index contributed by atoms with van der Waals surface area (Å²) in [7, 11) is 0. The molecule has 0 saturated carbocycles. The summed E-state index contributed by atoms with van der Waals surface area (Å²) in [5.74, 6) is 0. The molecule has 1 saturated heterocycles. The Morgan fingerprint density at radius 2 is 1.73 bits per heavy atom. The fraction of sp³-hybridized carbons (Fsp3) is 1.00. The quantitative estimate of drug-likeness (QED) is 0.680. The van der Waals surface area contributed by atoms with Crippen molar-refractivity contribution in [2.24, 2.45) is 0 Å². The van der Waals surface area contributed by atoms with Gasteiger partial charge < -0.3 is 10.2 Å². The summed E-state index contributed by atoms with van der Waals surface area (Å²) in [6.45, 7) is 10.3. The molecule has 0 aromatic rings. The third-order valence-electron chi connectivity index (χ3n) is 2.87. The highest BCUT2D eigenvalue weighted by atomic mass is 16.3. The minimum absolute atomic E-state index is 0.250. The lowest BCUT2D eigenvalue weighted by atomic mass is 10.1. The van der Waals surface area contributed by atoms with Crippen molar-refractivity contribution in [1.82, 2.24) is 9.80 Å². The van der Waals surface area contributed by atoms with E-state index in [0.29, 0.717) is 6.04 Å². The minimum atomic E-state index is -0.254. The maximum absolute atomic E-state index is 9.34. The first-order valence-corrected chi connectivity index (χ1v) is 5.81. The summed E-state index contributed by atoms with van der Waals surface area (Å²) in [6.07, 6.45) is -0.503. The Bertz CT molecular complexity index is 185. The third kappa shape index (κ3) is 4.47. The molecule has 90 valence electrons. The Balaban J connectivity index is 2.34. The number of β-amino-alcohol motifs (C(OH)–C–C–N with tert-alkyl or cyclic N) is 2. The van der Waals surface area contributed by atoms with E-state index in [1.165, 1.54) is 0 Å². The van der Waals surface area contributed by atoms with E-state index in [-0.39, 0.29) is 12.2 Å². The number of piperazine rings is 1. The monoisotopic (exact) mass is 216 g/mol. The Morgan fingerprint density at radius 3 is 2.20 bits per heavy atom. The number of hydrogen-bond acceptors (Lipinski definition) is 4. The van der Waals surface area contributed by atoms with Crippen LogP contribution in [0.5, 0.6) is 0 Å². The van der Waals surface area contributed by atoms with Crippen LogP contribution < -0.4 is 0 Å². The second-order valence-electron chi connectivity index (χ2n) is 4.80. The van der Waals surface area contributed by atoms with E-state index in [1.807, 2.05) is 13.8 Å². The van der Waals surface area contributed by atoms with Gasteiger partial charge in [-0.3, -0.25) is 9.80 Å². The van der Waals surface area contributed by atoms with E-state index in [2.05, 4.69) is 16.7 Å². The van der Waals surface area contributed by atoms with Gasteiger partial charge in [-0.25, -0.2) is 0 Å². The van der Waals surface area contributed by atoms with E-state index < -0.39 is 0 Å². The molecule has 0 aliphatic carbocycles. The zero-order valence-electron chi connectivity index (χ0n) is 10.1. The molecule has 15 heavy (non-hydrogen) atoms. The van der Waals surface area contributed by atoms with E-state index >= 15 is 0 Å². The van der Waals surface area contributed by atoms with Gasteiger partial charge in [0.05, 0.1) is 12.2 Å². The van der Waals surface area contributed by atoms with Crippen molar-refractivity contribution in [1.29, 1.82) is 0 Å². The SMILES string of the molecule is C[C@H](O)CN1CCN(C[C@@H](C)O)[C@@H](C)C1. The Morgan fingerprint density at radius 1 is 1.13 bits per heavy atom. The smallest absolute Gasteiger partial charge is 0.0639 e. The summed E-state index contributed by atoms with van der Waals surface area (Å²) in [5, 5.41) is 18.6. The van der Waals surface area contributed by atoms with Crippen molar-refractivity contribution in [3.05, 3.63) is 0 Å². The highest BCUT2D eigenvalue weighted by Crippen LogP contribution is 2.10. The van der Waals surface area contributed by atoms with Crippen molar-refractivity contribution >= 4 is 0 Å². The van der Waals surface area contributed by atoms with Gasteiger partial charge in [0.2, 0.25) is 0 Å². The van der Waals surface area contributed by atoms with Crippen LogP contribution in [0.4, 0.5) is 0 Å². The van der Waals surface area contributed by atoms with Gasteiger partial charge in [-0.15, -0.1) is 0 Å². The Kier molecular flexibility index (Phi) is 4.99. The first-order valence-electron chi connectivity index (χ1n) is 5.81. The number of rotatable bonds is 4. The lowest BCUT2D eigenvalue weighted by molar-refractivity contribution is 0.0276. The molecule has 1 aliphatic heterocycles. The first-order chi connectivity index (χ1) is 6.99. The molecule has 3 atom stereocenters. The standard InChI is InChI=1S/C11H24N2O2/c1-9-6-12(7-10(2)14)4-5-13(9)8-11(3)15/h9-11,14-15H,4-8H2,1-3H3/t9-,10-,11+/m0/s1. The second kappa shape index (κ2) is 5.80. The van der Waals surface area contributed by atoms with Gasteiger partial charge in [0.1, 0.15) is 0 Å². The van der Waals surface area contributed by atoms with Crippen LogP contribution in [-0.4, -0.2) is 71.0 Å². The summed E-state index contributed by atoms with van der Waals surface area (Å²) in [4.78, 5) is 4.59. The summed E-state index contributed by atoms with van der Waals surface area (Å²) in [6, 6.07) is 0.465. The molecule has 1 rings (SSSR count). The molecule has 1 fully saturated rings. The maximum atomic E-state index is 9.34. The zero-order valence-corrected chi connectivity index (χ0v) is 10.1. The summed E-state index contributed by atoms with van der Waals surface area (Å²) < 4.78 is 0. The topological polar surface area (TPSA) is 46.9 Å². The van der Waals surface area contributed by atoms with Crippen LogP contribution in [0.15, 0.2) is 0 Å². The van der Waals surface area contributed by atoms with Gasteiger partial charge in [-0.05, 0) is 20.8 Å². The zero-order chi connectivity index (χ0) is 11.4. The van der Waals surface area contributed by atoms with Crippen LogP contribution in [0, 0.1) is 0 Å². The predicted molar refractivity (Wildman–Crippen MR) is 60.8 cm³/mol. The molecule has 0 aromatic heterocycles. The van der Waals surface area contributed by atoms with E-state index in [9.17, 15) is 10.2 Å². The fourth-order valence-electron chi connectivity index (χ4n) is 2.22. The van der Waals surface area contributed by atoms with Crippen molar-refractivity contribution in [3.8, 4) is 0 Å². The fourth-order valence-corrected chi connectivity index (χ4v) is 2.22. The number of hydrogen-bond donors (Lipinski definition) is 2. The summed E-state index contributed by atoms with van der Waals surface area (Å²) >= 11 is 0. The predicted octanol–water partition coefficient (Wildman–Crippen LogP) is -0.246. The largest absolute Gasteiger partial charge is 0.392 e. The molecule has 0 radical (unpaired) electrons. The van der Waals surface area contributed by atoms with Crippen LogP contribution in [0.3, 0.4) is 0 Å². The second-order valence-corrected chi connectivity index (χ2v) is 4.80. The molecule has 0 unspecified atom stereocenters. The third-order valence-corrected chi connectivity index (χ3v) is 2.87. The van der Waals surface area contributed by atoms with Crippen molar-refractivity contribution in [2.75, 3.05) is 32.7 Å². The van der Waals surface area contributed by atoms with Gasteiger partial charge in [0.25, 0.3) is 0 Å². The Labute approximate surface area is 92.5 Å². The summed E-state index contributed by atoms with van der Waals surface area (Å²) in [5.41, 5.74) is 0. The van der Waals surface area contributed by atoms with Gasteiger partial charge in [0, 0.05) is 38.8 Å². The average Bonchev–Trinajstić information content (AvgIpc) is 2.08. The van der Waals surface area contributed by atoms with E-state index in [1.54, 1.807) is 0 Å². The average molecular weight is 216 g/mol. The number of aliphatic hydroxyl groups excluding tert-OH is 2. The molecule has 2 N–H and O–H groups in total. The molecule has 0 spiro atoms. The van der Waals surface area contributed by atoms with Crippen LogP contribution >= 0.6 is 0 Å². The number of nitrogens with zero attached hydrogens (tertiary/aromatic N) is 2. The van der Waals surface area contributed by atoms with Crippen molar-refractivity contribution in [3.63, 3.8) is 0 Å². The van der Waals surface area contributed by atoms with Crippen LogP contribution in [-0.2, 0) is 0 Å². The molecule has 0 aromatic carbocycles. The molecule has 0 amide bonds. The van der Waals surface area contributed by atoms with Crippen molar-refractivity contribution in [2.45, 2.75) is 39.0 Å². The lowest BCUT2D eigenvalue weighted by Crippen LogP contribution is -2.54. The first kappa shape index (κ1) is 12.9. The molecule has 0 bridgehead atoms. The lowest BCUT2D eigenvalue weighted by Gasteiger charge is -2.40. The highest BCUT2D eigenvalue weighted by molar-refractivity contribution is 4.80. The van der Waals surface area contributed by atoms with E-state index in [0.717, 1.165) is 32.7 Å². The molecule has 4 heteroatoms. The minimum Gasteiger partial charge on any atom is -0.392 e. The van der Waals surface area contributed by atoms with Crippen molar-refractivity contribution < 1.29 is 10.2 Å². The van der Waals surface area contributed by atoms with Gasteiger partial charge in [0.15, 0.2) is 0 Å².